The van der Waals surface area contributed by atoms with Crippen molar-refractivity contribution in [1.82, 2.24) is 0 Å². The Morgan fingerprint density at radius 2 is 1.30 bits per heavy atom. The third kappa shape index (κ3) is 9.83. The summed E-state index contributed by atoms with van der Waals surface area (Å²) in [7, 11) is -4.27. The molecule has 184 valence electrons. The van der Waals surface area contributed by atoms with E-state index < -0.39 is 10.1 Å². The Labute approximate surface area is 202 Å². The summed E-state index contributed by atoms with van der Waals surface area (Å²) < 4.78 is 32.4. The smallest absolute Gasteiger partial charge is 0.133 e. The van der Waals surface area contributed by atoms with E-state index in [1.54, 1.807) is 12.1 Å². The molecule has 0 spiro atoms. The highest BCUT2D eigenvalue weighted by atomic mass is 32.2. The van der Waals surface area contributed by atoms with Gasteiger partial charge in [0.2, 0.25) is 0 Å². The van der Waals surface area contributed by atoms with Crippen LogP contribution in [0.4, 0.5) is 0 Å². The van der Waals surface area contributed by atoms with Crippen molar-refractivity contribution in [2.75, 3.05) is 19.6 Å². The molecule has 0 saturated carbocycles. The number of hydrogen-bond donors (Lipinski definition) is 0. The van der Waals surface area contributed by atoms with Gasteiger partial charge in [-0.2, -0.15) is 0 Å². The van der Waals surface area contributed by atoms with Crippen LogP contribution in [-0.4, -0.2) is 37.1 Å². The molecule has 0 heterocycles. The topological polar surface area (TPSA) is 57.2 Å². The first-order valence-electron chi connectivity index (χ1n) is 12.3. The number of aryl methyl sites for hydroxylation is 1. The lowest BCUT2D eigenvalue weighted by atomic mass is 9.99. The molecular weight excluding hydrogens is 430 g/mol. The average Bonchev–Trinajstić information content (AvgIpc) is 2.81. The maximum absolute atomic E-state index is 10.4. The Bertz CT molecular complexity index is 871. The van der Waals surface area contributed by atoms with Gasteiger partial charge in [-0.05, 0) is 44.4 Å². The molecule has 1 atom stereocenters. The lowest BCUT2D eigenvalue weighted by Gasteiger charge is -2.44. The Balaban J connectivity index is 0.000000412. The molecule has 1 unspecified atom stereocenters. The van der Waals surface area contributed by atoms with Gasteiger partial charge >= 0.3 is 0 Å². The van der Waals surface area contributed by atoms with Gasteiger partial charge in [-0.25, -0.2) is 8.42 Å². The first-order chi connectivity index (χ1) is 15.7. The zero-order valence-electron chi connectivity index (χ0n) is 21.0. The van der Waals surface area contributed by atoms with Crippen LogP contribution >= 0.6 is 0 Å². The lowest BCUT2D eigenvalue weighted by molar-refractivity contribution is -0.951. The highest BCUT2D eigenvalue weighted by molar-refractivity contribution is 7.85. The van der Waals surface area contributed by atoms with Gasteiger partial charge < -0.3 is 9.04 Å². The fourth-order valence-corrected chi connectivity index (χ4v) is 4.67. The van der Waals surface area contributed by atoms with E-state index in [0.717, 1.165) is 5.56 Å². The molecule has 2 aromatic rings. The Morgan fingerprint density at radius 3 is 1.67 bits per heavy atom. The van der Waals surface area contributed by atoms with Crippen molar-refractivity contribution >= 4 is 10.1 Å². The summed E-state index contributed by atoms with van der Waals surface area (Å²) in [5.41, 5.74) is 2.36. The SMILES string of the molecule is C=CC(c1ccccc1)[N+](CCCC)(CCCC)CCCC.Cc1ccc(S(=O)(=O)[O-])cc1. The fraction of sp³-hybridized carbons (Fsp3) is 0.500. The van der Waals surface area contributed by atoms with E-state index in [1.807, 2.05) is 6.92 Å². The standard InChI is InChI=1S/C21H36N.C7H8O3S/c1-5-9-17-22(18-10-6-2,19-11-7-3)21(8-4)20-15-13-12-14-16-20;1-6-2-4-7(5-3-6)11(8,9)10/h8,12-16,21H,4-7,9-11,17-19H2,1-3H3;2-5H,1H3,(H,8,9,10)/q+1;/p-1. The number of nitrogens with zero attached hydrogens (tertiary/aromatic N) is 1. The van der Waals surface area contributed by atoms with Crippen LogP contribution in [0.1, 0.15) is 76.5 Å². The molecule has 0 aliphatic carbocycles. The lowest BCUT2D eigenvalue weighted by Crippen LogP contribution is -2.52. The van der Waals surface area contributed by atoms with E-state index in [2.05, 4.69) is 63.8 Å². The van der Waals surface area contributed by atoms with E-state index in [-0.39, 0.29) is 4.90 Å². The summed E-state index contributed by atoms with van der Waals surface area (Å²) in [4.78, 5) is -0.178. The summed E-state index contributed by atoms with van der Waals surface area (Å²) in [6.45, 7) is 16.8. The molecule has 2 aromatic carbocycles. The van der Waals surface area contributed by atoms with Crippen LogP contribution < -0.4 is 0 Å². The van der Waals surface area contributed by atoms with Gasteiger partial charge in [-0.1, -0.05) is 94.6 Å². The molecule has 0 aliphatic rings. The van der Waals surface area contributed by atoms with E-state index in [1.165, 1.54) is 80.3 Å². The van der Waals surface area contributed by atoms with Gasteiger partial charge in [0.15, 0.2) is 0 Å². The zero-order chi connectivity index (χ0) is 24.7. The molecule has 0 saturated heterocycles. The fourth-order valence-electron chi connectivity index (χ4n) is 4.20. The van der Waals surface area contributed by atoms with Gasteiger partial charge in [0, 0.05) is 5.56 Å². The quantitative estimate of drug-likeness (QED) is 0.178. The van der Waals surface area contributed by atoms with E-state index in [4.69, 9.17) is 0 Å². The molecule has 2 rings (SSSR count). The van der Waals surface area contributed by atoms with Crippen LogP contribution in [0.15, 0.2) is 72.1 Å². The van der Waals surface area contributed by atoms with E-state index in [9.17, 15) is 13.0 Å². The number of rotatable bonds is 13. The van der Waals surface area contributed by atoms with Crippen LogP contribution in [-0.2, 0) is 10.1 Å². The van der Waals surface area contributed by atoms with Gasteiger partial charge in [0.05, 0.1) is 24.5 Å². The van der Waals surface area contributed by atoms with Gasteiger partial charge in [-0.3, -0.25) is 0 Å². The molecule has 4 nitrogen and oxygen atoms in total. The molecule has 0 fully saturated rings. The third-order valence-electron chi connectivity index (χ3n) is 6.14. The summed E-state index contributed by atoms with van der Waals surface area (Å²) in [5, 5.41) is 0. The second-order valence-corrected chi connectivity index (χ2v) is 10.2. The van der Waals surface area contributed by atoms with Crippen molar-refractivity contribution in [2.24, 2.45) is 0 Å². The second kappa shape index (κ2) is 15.0. The van der Waals surface area contributed by atoms with Crippen LogP contribution in [0.2, 0.25) is 0 Å². The van der Waals surface area contributed by atoms with Crippen molar-refractivity contribution in [1.29, 1.82) is 0 Å². The van der Waals surface area contributed by atoms with E-state index in [0.29, 0.717) is 6.04 Å². The van der Waals surface area contributed by atoms with Crippen LogP contribution in [0.25, 0.3) is 0 Å². The molecular formula is C28H43NO3S. The van der Waals surface area contributed by atoms with Gasteiger partial charge in [0.25, 0.3) is 0 Å². The van der Waals surface area contributed by atoms with Crippen LogP contribution in [0, 0.1) is 6.92 Å². The molecule has 5 heteroatoms. The van der Waals surface area contributed by atoms with Crippen LogP contribution in [0.3, 0.4) is 0 Å². The molecule has 0 N–H and O–H groups in total. The van der Waals surface area contributed by atoms with Gasteiger partial charge in [0.1, 0.15) is 16.2 Å². The van der Waals surface area contributed by atoms with Crippen molar-refractivity contribution < 1.29 is 17.5 Å². The zero-order valence-corrected chi connectivity index (χ0v) is 21.8. The number of benzene rings is 2. The van der Waals surface area contributed by atoms with Crippen molar-refractivity contribution in [3.05, 3.63) is 78.4 Å². The molecule has 0 aromatic heterocycles. The minimum atomic E-state index is -4.27. The van der Waals surface area contributed by atoms with Crippen molar-refractivity contribution in [3.63, 3.8) is 0 Å². The molecule has 0 amide bonds. The number of unbranched alkanes of at least 4 members (excludes halogenated alkanes) is 3. The molecule has 0 aliphatic heterocycles. The summed E-state index contributed by atoms with van der Waals surface area (Å²) >= 11 is 0. The average molecular weight is 474 g/mol. The normalized spacial score (nSPS) is 12.5. The first-order valence-corrected chi connectivity index (χ1v) is 13.7. The summed E-state index contributed by atoms with van der Waals surface area (Å²) in [5.74, 6) is 0. The Morgan fingerprint density at radius 1 is 0.848 bits per heavy atom. The minimum Gasteiger partial charge on any atom is -0.744 e. The third-order valence-corrected chi connectivity index (χ3v) is 6.98. The molecule has 0 radical (unpaired) electrons. The second-order valence-electron chi connectivity index (χ2n) is 8.81. The molecule has 33 heavy (non-hydrogen) atoms. The monoisotopic (exact) mass is 473 g/mol. The first kappa shape index (κ1) is 29.1. The van der Waals surface area contributed by atoms with Crippen molar-refractivity contribution in [3.8, 4) is 0 Å². The minimum absolute atomic E-state index is 0.178. The van der Waals surface area contributed by atoms with Crippen LogP contribution in [0.5, 0.6) is 0 Å². The number of quaternary nitrogens is 1. The largest absolute Gasteiger partial charge is 0.744 e. The Hall–Kier alpha value is -1.95. The maximum Gasteiger partial charge on any atom is 0.133 e. The van der Waals surface area contributed by atoms with E-state index >= 15 is 0 Å². The summed E-state index contributed by atoms with van der Waals surface area (Å²) in [6, 6.07) is 17.2. The highest BCUT2D eigenvalue weighted by Gasteiger charge is 2.34. The number of hydrogen-bond acceptors (Lipinski definition) is 3. The Kier molecular flexibility index (Phi) is 13.3. The highest BCUT2D eigenvalue weighted by Crippen LogP contribution is 2.32. The van der Waals surface area contributed by atoms with Gasteiger partial charge in [-0.15, -0.1) is 0 Å². The maximum atomic E-state index is 10.4. The summed E-state index contributed by atoms with van der Waals surface area (Å²) in [6.07, 6.45) is 9.96. The molecule has 0 bridgehead atoms. The van der Waals surface area contributed by atoms with Crippen molar-refractivity contribution in [2.45, 2.75) is 77.2 Å². The predicted molar refractivity (Wildman–Crippen MR) is 138 cm³/mol. The predicted octanol–water partition coefficient (Wildman–Crippen LogP) is 7.03.